The Bertz CT molecular complexity index is 498. The SMILES string of the molecule is CC(C)CN=C(NN)N1CC(=O)Nc2ccccc21. The van der Waals surface area contributed by atoms with E-state index in [1.807, 2.05) is 24.3 Å². The molecule has 0 radical (unpaired) electrons. The standard InChI is InChI=1S/C13H19N5O/c1-9(2)7-15-13(17-14)18-8-12(19)16-10-5-3-4-6-11(10)18/h3-6,9H,7-8,14H2,1-2H3,(H,15,17)(H,16,19). The molecule has 4 N–H and O–H groups in total. The van der Waals surface area contributed by atoms with Crippen molar-refractivity contribution in [3.63, 3.8) is 0 Å². The van der Waals surface area contributed by atoms with Gasteiger partial charge in [-0.2, -0.15) is 0 Å². The first-order valence-corrected chi connectivity index (χ1v) is 6.29. The molecule has 6 heteroatoms. The van der Waals surface area contributed by atoms with Crippen molar-refractivity contribution in [1.82, 2.24) is 5.43 Å². The fraction of sp³-hybridized carbons (Fsp3) is 0.385. The summed E-state index contributed by atoms with van der Waals surface area (Å²) in [6.07, 6.45) is 0. The number of carbonyl (C=O) groups excluding carboxylic acids is 1. The van der Waals surface area contributed by atoms with Crippen LogP contribution in [-0.4, -0.2) is 25.0 Å². The summed E-state index contributed by atoms with van der Waals surface area (Å²) in [5.41, 5.74) is 4.25. The Morgan fingerprint density at radius 1 is 1.53 bits per heavy atom. The lowest BCUT2D eigenvalue weighted by Gasteiger charge is -2.31. The zero-order valence-electron chi connectivity index (χ0n) is 11.2. The number of benzene rings is 1. The van der Waals surface area contributed by atoms with Gasteiger partial charge in [0.05, 0.1) is 11.4 Å². The van der Waals surface area contributed by atoms with Gasteiger partial charge >= 0.3 is 0 Å². The lowest BCUT2D eigenvalue weighted by Crippen LogP contribution is -2.50. The number of rotatable bonds is 2. The molecule has 1 amide bonds. The number of hydrogen-bond donors (Lipinski definition) is 3. The van der Waals surface area contributed by atoms with Gasteiger partial charge in [0.25, 0.3) is 0 Å². The second-order valence-electron chi connectivity index (χ2n) is 4.85. The molecule has 0 aromatic heterocycles. The quantitative estimate of drug-likeness (QED) is 0.320. The molecule has 1 aliphatic heterocycles. The first-order valence-electron chi connectivity index (χ1n) is 6.29. The average molecular weight is 261 g/mol. The molecule has 0 aliphatic carbocycles. The van der Waals surface area contributed by atoms with Crippen molar-refractivity contribution in [2.45, 2.75) is 13.8 Å². The Balaban J connectivity index is 2.33. The lowest BCUT2D eigenvalue weighted by atomic mass is 10.2. The van der Waals surface area contributed by atoms with Crippen LogP contribution in [0, 0.1) is 5.92 Å². The van der Waals surface area contributed by atoms with Gasteiger partial charge in [0.2, 0.25) is 11.9 Å². The van der Waals surface area contributed by atoms with Gasteiger partial charge in [0.15, 0.2) is 0 Å². The van der Waals surface area contributed by atoms with Gasteiger partial charge in [-0.25, -0.2) is 5.84 Å². The summed E-state index contributed by atoms with van der Waals surface area (Å²) in [4.78, 5) is 17.9. The molecule has 1 heterocycles. The van der Waals surface area contributed by atoms with Crippen LogP contribution in [0.2, 0.25) is 0 Å². The van der Waals surface area contributed by atoms with Crippen molar-refractivity contribution in [1.29, 1.82) is 0 Å². The Labute approximate surface area is 112 Å². The van der Waals surface area contributed by atoms with Crippen LogP contribution in [0.3, 0.4) is 0 Å². The third kappa shape index (κ3) is 3.03. The van der Waals surface area contributed by atoms with E-state index in [1.165, 1.54) is 0 Å². The topological polar surface area (TPSA) is 82.8 Å². The minimum Gasteiger partial charge on any atom is -0.323 e. The smallest absolute Gasteiger partial charge is 0.244 e. The highest BCUT2D eigenvalue weighted by molar-refractivity contribution is 6.10. The van der Waals surface area contributed by atoms with Crippen molar-refractivity contribution in [3.8, 4) is 0 Å². The highest BCUT2D eigenvalue weighted by atomic mass is 16.2. The number of para-hydroxylation sites is 2. The minimum absolute atomic E-state index is 0.0776. The molecule has 0 saturated heterocycles. The minimum atomic E-state index is -0.0776. The number of guanidine groups is 1. The van der Waals surface area contributed by atoms with E-state index in [0.717, 1.165) is 11.4 Å². The monoisotopic (exact) mass is 261 g/mol. The molecule has 0 spiro atoms. The van der Waals surface area contributed by atoms with E-state index in [4.69, 9.17) is 5.84 Å². The molecule has 1 aromatic carbocycles. The molecule has 0 unspecified atom stereocenters. The van der Waals surface area contributed by atoms with E-state index < -0.39 is 0 Å². The zero-order valence-corrected chi connectivity index (χ0v) is 11.2. The normalized spacial score (nSPS) is 15.3. The Hall–Kier alpha value is -2.08. The van der Waals surface area contributed by atoms with Gasteiger partial charge in [-0.05, 0) is 18.1 Å². The first-order chi connectivity index (χ1) is 9.11. The average Bonchev–Trinajstić information content (AvgIpc) is 2.38. The highest BCUT2D eigenvalue weighted by Crippen LogP contribution is 2.28. The molecular formula is C13H19N5O. The molecule has 19 heavy (non-hydrogen) atoms. The van der Waals surface area contributed by atoms with E-state index in [9.17, 15) is 4.79 Å². The molecule has 1 aromatic rings. The molecule has 0 atom stereocenters. The van der Waals surface area contributed by atoms with Gasteiger partial charge in [0, 0.05) is 6.54 Å². The Morgan fingerprint density at radius 2 is 2.26 bits per heavy atom. The van der Waals surface area contributed by atoms with E-state index in [-0.39, 0.29) is 12.5 Å². The second-order valence-corrected chi connectivity index (χ2v) is 4.85. The van der Waals surface area contributed by atoms with Crippen LogP contribution in [-0.2, 0) is 4.79 Å². The number of hydrogen-bond acceptors (Lipinski definition) is 3. The molecule has 102 valence electrons. The summed E-state index contributed by atoms with van der Waals surface area (Å²) in [6, 6.07) is 7.58. The number of aliphatic imine (C=N–C) groups is 1. The first kappa shape index (κ1) is 13.4. The molecule has 0 fully saturated rings. The van der Waals surface area contributed by atoms with E-state index in [0.29, 0.717) is 18.4 Å². The number of nitrogens with zero attached hydrogens (tertiary/aromatic N) is 2. The van der Waals surface area contributed by atoms with Crippen LogP contribution in [0.15, 0.2) is 29.3 Å². The van der Waals surface area contributed by atoms with E-state index in [1.54, 1.807) is 4.90 Å². The number of nitrogens with one attached hydrogen (secondary N) is 2. The predicted octanol–water partition coefficient (Wildman–Crippen LogP) is 0.920. The summed E-state index contributed by atoms with van der Waals surface area (Å²) < 4.78 is 0. The Morgan fingerprint density at radius 3 is 2.95 bits per heavy atom. The molecule has 1 aliphatic rings. The van der Waals surface area contributed by atoms with Gasteiger partial charge < -0.3 is 10.2 Å². The van der Waals surface area contributed by atoms with E-state index in [2.05, 4.69) is 29.6 Å². The fourth-order valence-corrected chi connectivity index (χ4v) is 1.90. The van der Waals surface area contributed by atoms with Crippen molar-refractivity contribution < 1.29 is 4.79 Å². The van der Waals surface area contributed by atoms with Crippen LogP contribution in [0.4, 0.5) is 11.4 Å². The largest absolute Gasteiger partial charge is 0.323 e. The summed E-state index contributed by atoms with van der Waals surface area (Å²) in [6.45, 7) is 5.01. The maximum Gasteiger partial charge on any atom is 0.244 e. The number of nitrogens with two attached hydrogens (primary N) is 1. The summed E-state index contributed by atoms with van der Waals surface area (Å²) in [5.74, 6) is 6.40. The van der Waals surface area contributed by atoms with Crippen LogP contribution in [0.25, 0.3) is 0 Å². The second kappa shape index (κ2) is 5.71. The molecule has 0 bridgehead atoms. The maximum atomic E-state index is 11.7. The van der Waals surface area contributed by atoms with Gasteiger partial charge in [-0.3, -0.25) is 15.2 Å². The van der Waals surface area contributed by atoms with Gasteiger partial charge in [-0.15, -0.1) is 0 Å². The lowest BCUT2D eigenvalue weighted by molar-refractivity contribution is -0.115. The number of amides is 1. The van der Waals surface area contributed by atoms with Crippen LogP contribution in [0.5, 0.6) is 0 Å². The third-order valence-electron chi connectivity index (χ3n) is 2.76. The van der Waals surface area contributed by atoms with Crippen LogP contribution >= 0.6 is 0 Å². The Kier molecular flexibility index (Phi) is 4.01. The predicted molar refractivity (Wildman–Crippen MR) is 76.9 cm³/mol. The van der Waals surface area contributed by atoms with Crippen LogP contribution < -0.4 is 21.5 Å². The van der Waals surface area contributed by atoms with E-state index >= 15 is 0 Å². The zero-order chi connectivity index (χ0) is 13.8. The molecule has 0 saturated carbocycles. The maximum absolute atomic E-state index is 11.7. The van der Waals surface area contributed by atoms with Gasteiger partial charge in [-0.1, -0.05) is 26.0 Å². The number of anilines is 2. The summed E-state index contributed by atoms with van der Waals surface area (Å²) in [5, 5.41) is 2.83. The molecule has 2 rings (SSSR count). The van der Waals surface area contributed by atoms with Crippen molar-refractivity contribution in [2.75, 3.05) is 23.3 Å². The summed E-state index contributed by atoms with van der Waals surface area (Å²) in [7, 11) is 0. The summed E-state index contributed by atoms with van der Waals surface area (Å²) >= 11 is 0. The van der Waals surface area contributed by atoms with Crippen molar-refractivity contribution >= 4 is 23.2 Å². The number of fused-ring (bicyclic) bond motifs is 1. The number of carbonyl (C=O) groups is 1. The fourth-order valence-electron chi connectivity index (χ4n) is 1.90. The molecule has 6 nitrogen and oxygen atoms in total. The highest BCUT2D eigenvalue weighted by Gasteiger charge is 2.24. The molecular weight excluding hydrogens is 242 g/mol. The van der Waals surface area contributed by atoms with Crippen molar-refractivity contribution in [2.24, 2.45) is 16.8 Å². The number of hydrazine groups is 1. The van der Waals surface area contributed by atoms with Crippen LogP contribution in [0.1, 0.15) is 13.8 Å². The third-order valence-corrected chi connectivity index (χ3v) is 2.76. The van der Waals surface area contributed by atoms with Crippen molar-refractivity contribution in [3.05, 3.63) is 24.3 Å². The van der Waals surface area contributed by atoms with Gasteiger partial charge in [0.1, 0.15) is 6.54 Å².